The topological polar surface area (TPSA) is 59.9 Å². The average molecular weight is 278 g/mol. The predicted molar refractivity (Wildman–Crippen MR) is 76.8 cm³/mol. The van der Waals surface area contributed by atoms with Gasteiger partial charge in [-0.15, -0.1) is 11.3 Å². The van der Waals surface area contributed by atoms with Gasteiger partial charge in [-0.25, -0.2) is 9.97 Å². The van der Waals surface area contributed by atoms with Gasteiger partial charge in [0.2, 0.25) is 5.88 Å². The number of rotatable bonds is 5. The van der Waals surface area contributed by atoms with E-state index in [0.29, 0.717) is 18.3 Å². The molecule has 102 valence electrons. The molecule has 0 fully saturated rings. The third-order valence-electron chi connectivity index (χ3n) is 2.48. The fraction of sp³-hybridized carbons (Fsp3) is 0.462. The molecule has 0 aliphatic heterocycles. The molecule has 2 aromatic rings. The molecule has 0 amide bonds. The summed E-state index contributed by atoms with van der Waals surface area (Å²) in [5, 5.41) is 6.42. The van der Waals surface area contributed by atoms with Crippen molar-refractivity contribution in [1.29, 1.82) is 0 Å². The number of hydrogen-bond acceptors (Lipinski definition) is 6. The highest BCUT2D eigenvalue weighted by atomic mass is 32.1. The lowest BCUT2D eigenvalue weighted by Crippen LogP contribution is -2.09. The number of anilines is 1. The molecule has 5 nitrogen and oxygen atoms in total. The first kappa shape index (κ1) is 13.7. The van der Waals surface area contributed by atoms with Crippen molar-refractivity contribution in [3.8, 4) is 5.88 Å². The molecule has 0 bridgehead atoms. The van der Waals surface area contributed by atoms with Crippen LogP contribution < -0.4 is 10.1 Å². The number of nitrogens with one attached hydrogen (secondary N) is 1. The Bertz CT molecular complexity index is 555. The predicted octanol–water partition coefficient (Wildman–Crippen LogP) is 3.12. The molecule has 2 heterocycles. The molecule has 0 aromatic carbocycles. The van der Waals surface area contributed by atoms with E-state index in [1.165, 1.54) is 0 Å². The van der Waals surface area contributed by atoms with E-state index >= 15 is 0 Å². The van der Waals surface area contributed by atoms with Crippen molar-refractivity contribution in [1.82, 2.24) is 15.0 Å². The Morgan fingerprint density at radius 3 is 2.74 bits per heavy atom. The summed E-state index contributed by atoms with van der Waals surface area (Å²) in [6, 6.07) is 1.93. The van der Waals surface area contributed by atoms with Gasteiger partial charge in [-0.2, -0.15) is 4.98 Å². The van der Waals surface area contributed by atoms with E-state index in [1.807, 2.05) is 32.2 Å². The van der Waals surface area contributed by atoms with Crippen LogP contribution in [0.1, 0.15) is 36.4 Å². The quantitative estimate of drug-likeness (QED) is 0.910. The van der Waals surface area contributed by atoms with Gasteiger partial charge in [-0.1, -0.05) is 0 Å². The van der Waals surface area contributed by atoms with E-state index in [2.05, 4.69) is 27.2 Å². The van der Waals surface area contributed by atoms with E-state index < -0.39 is 0 Å². The van der Waals surface area contributed by atoms with Gasteiger partial charge < -0.3 is 10.1 Å². The van der Waals surface area contributed by atoms with Gasteiger partial charge in [0.1, 0.15) is 16.6 Å². The second-order valence-corrected chi connectivity index (χ2v) is 5.15. The molecule has 6 heteroatoms. The first-order chi connectivity index (χ1) is 9.08. The van der Waals surface area contributed by atoms with Crippen molar-refractivity contribution in [2.24, 2.45) is 0 Å². The summed E-state index contributed by atoms with van der Waals surface area (Å²) in [5.41, 5.74) is 1.04. The second-order valence-electron chi connectivity index (χ2n) is 4.26. The summed E-state index contributed by atoms with van der Waals surface area (Å²) in [5.74, 6) is 2.05. The maximum Gasteiger partial charge on any atom is 0.218 e. The zero-order chi connectivity index (χ0) is 13.8. The first-order valence-corrected chi connectivity index (χ1v) is 7.13. The van der Waals surface area contributed by atoms with Crippen molar-refractivity contribution >= 4 is 17.2 Å². The second kappa shape index (κ2) is 5.97. The molecular weight excluding hydrogens is 260 g/mol. The molecule has 0 aliphatic rings. The van der Waals surface area contributed by atoms with E-state index in [4.69, 9.17) is 4.74 Å². The van der Waals surface area contributed by atoms with Crippen LogP contribution in [-0.4, -0.2) is 21.6 Å². The van der Waals surface area contributed by atoms with Crippen LogP contribution in [0.2, 0.25) is 0 Å². The summed E-state index contributed by atoms with van der Waals surface area (Å²) in [6.07, 6.45) is 0. The highest BCUT2D eigenvalue weighted by Crippen LogP contribution is 2.22. The first-order valence-electron chi connectivity index (χ1n) is 6.25. The monoisotopic (exact) mass is 278 g/mol. The van der Waals surface area contributed by atoms with E-state index in [1.54, 1.807) is 11.3 Å². The van der Waals surface area contributed by atoms with Crippen LogP contribution in [0.4, 0.5) is 5.82 Å². The summed E-state index contributed by atoms with van der Waals surface area (Å²) in [6.45, 7) is 8.44. The Hall–Kier alpha value is -1.69. The van der Waals surface area contributed by atoms with Gasteiger partial charge in [0.15, 0.2) is 0 Å². The van der Waals surface area contributed by atoms with Crippen LogP contribution in [0, 0.1) is 13.8 Å². The lowest BCUT2D eigenvalue weighted by molar-refractivity contribution is 0.325. The number of nitrogens with zero attached hydrogens (tertiary/aromatic N) is 3. The van der Waals surface area contributed by atoms with Crippen LogP contribution >= 0.6 is 11.3 Å². The summed E-state index contributed by atoms with van der Waals surface area (Å²) < 4.78 is 5.41. The molecule has 0 aliphatic carbocycles. The Labute approximate surface area is 117 Å². The van der Waals surface area contributed by atoms with E-state index in [9.17, 15) is 0 Å². The zero-order valence-corrected chi connectivity index (χ0v) is 12.4. The van der Waals surface area contributed by atoms with Crippen LogP contribution in [0.5, 0.6) is 5.88 Å². The summed E-state index contributed by atoms with van der Waals surface area (Å²) in [4.78, 5) is 13.1. The third-order valence-corrected chi connectivity index (χ3v) is 3.62. The molecule has 19 heavy (non-hydrogen) atoms. The number of hydrogen-bond donors (Lipinski definition) is 1. The Kier molecular flexibility index (Phi) is 4.31. The van der Waals surface area contributed by atoms with Crippen molar-refractivity contribution in [3.05, 3.63) is 28.0 Å². The molecule has 2 rings (SSSR count). The normalized spacial score (nSPS) is 12.2. The van der Waals surface area contributed by atoms with E-state index in [0.717, 1.165) is 16.5 Å². The fourth-order valence-corrected chi connectivity index (χ4v) is 2.49. The maximum absolute atomic E-state index is 5.41. The lowest BCUT2D eigenvalue weighted by Gasteiger charge is -2.13. The SMILES string of the molecule is CCOc1cc(NC(C)c2nc(C)cs2)nc(C)n1. The molecule has 0 spiro atoms. The molecule has 2 aromatic heterocycles. The number of thiazole rings is 1. The van der Waals surface area contributed by atoms with Crippen LogP contribution in [0.25, 0.3) is 0 Å². The van der Waals surface area contributed by atoms with Crippen molar-refractivity contribution in [3.63, 3.8) is 0 Å². The van der Waals surface area contributed by atoms with Crippen LogP contribution in [0.15, 0.2) is 11.4 Å². The summed E-state index contributed by atoms with van der Waals surface area (Å²) >= 11 is 1.65. The molecule has 0 saturated carbocycles. The molecule has 1 N–H and O–H groups in total. The summed E-state index contributed by atoms with van der Waals surface area (Å²) in [7, 11) is 0. The lowest BCUT2D eigenvalue weighted by atomic mass is 10.3. The molecule has 1 atom stereocenters. The standard InChI is InChI=1S/C13H18N4OS/c1-5-18-12-6-11(16-10(4)17-12)15-9(3)13-14-8(2)7-19-13/h6-7,9H,5H2,1-4H3,(H,15,16,17). The van der Waals surface area contributed by atoms with Gasteiger partial charge >= 0.3 is 0 Å². The smallest absolute Gasteiger partial charge is 0.218 e. The Morgan fingerprint density at radius 2 is 2.11 bits per heavy atom. The maximum atomic E-state index is 5.41. The van der Waals surface area contributed by atoms with E-state index in [-0.39, 0.29) is 6.04 Å². The van der Waals surface area contributed by atoms with Crippen molar-refractivity contribution in [2.45, 2.75) is 33.7 Å². The minimum Gasteiger partial charge on any atom is -0.478 e. The molecule has 0 radical (unpaired) electrons. The Balaban J connectivity index is 2.14. The van der Waals surface area contributed by atoms with Crippen LogP contribution in [0.3, 0.4) is 0 Å². The highest BCUT2D eigenvalue weighted by molar-refractivity contribution is 7.09. The molecule has 0 saturated heterocycles. The van der Waals surface area contributed by atoms with Gasteiger partial charge in [0, 0.05) is 17.1 Å². The zero-order valence-electron chi connectivity index (χ0n) is 11.6. The van der Waals surface area contributed by atoms with Gasteiger partial charge in [0.05, 0.1) is 12.6 Å². The third kappa shape index (κ3) is 3.64. The average Bonchev–Trinajstić information content (AvgIpc) is 2.75. The molecule has 1 unspecified atom stereocenters. The number of aryl methyl sites for hydroxylation is 2. The van der Waals surface area contributed by atoms with Crippen molar-refractivity contribution in [2.75, 3.05) is 11.9 Å². The highest BCUT2D eigenvalue weighted by Gasteiger charge is 2.11. The van der Waals surface area contributed by atoms with Gasteiger partial charge in [0.25, 0.3) is 0 Å². The molecular formula is C13H18N4OS. The Morgan fingerprint density at radius 1 is 1.32 bits per heavy atom. The van der Waals surface area contributed by atoms with Crippen LogP contribution in [-0.2, 0) is 0 Å². The van der Waals surface area contributed by atoms with Gasteiger partial charge in [-0.3, -0.25) is 0 Å². The van der Waals surface area contributed by atoms with Crippen molar-refractivity contribution < 1.29 is 4.74 Å². The fourth-order valence-electron chi connectivity index (χ4n) is 1.69. The minimum absolute atomic E-state index is 0.113. The number of ether oxygens (including phenoxy) is 1. The minimum atomic E-state index is 0.113. The number of aromatic nitrogens is 3. The van der Waals surface area contributed by atoms with Gasteiger partial charge in [-0.05, 0) is 27.7 Å². The largest absolute Gasteiger partial charge is 0.478 e.